The lowest BCUT2D eigenvalue weighted by Crippen LogP contribution is -2.42. The van der Waals surface area contributed by atoms with E-state index in [4.69, 9.17) is 0 Å². The van der Waals surface area contributed by atoms with E-state index in [-0.39, 0.29) is 0 Å². The first-order valence-electron chi connectivity index (χ1n) is 5.30. The number of rotatable bonds is 1. The Balaban J connectivity index is 2.08. The number of anilines is 1. The van der Waals surface area contributed by atoms with Gasteiger partial charge in [-0.25, -0.2) is 0 Å². The molecule has 1 aliphatic heterocycles. The number of nitrogens with zero attached hydrogens (tertiary/aromatic N) is 1. The highest BCUT2D eigenvalue weighted by atomic mass is 79.9. The Morgan fingerprint density at radius 3 is 2.60 bits per heavy atom. The zero-order chi connectivity index (χ0) is 10.9. The summed E-state index contributed by atoms with van der Waals surface area (Å²) in [5.41, 5.74) is 0.766. The first kappa shape index (κ1) is 11.0. The third-order valence-electron chi connectivity index (χ3n) is 3.01. The van der Waals surface area contributed by atoms with Crippen LogP contribution in [-0.4, -0.2) is 23.8 Å². The number of hydrogen-bond acceptors (Lipinski definition) is 2. The van der Waals surface area contributed by atoms with Crippen molar-refractivity contribution in [3.8, 4) is 0 Å². The van der Waals surface area contributed by atoms with Crippen LogP contribution in [0.4, 0.5) is 5.69 Å². The minimum absolute atomic E-state index is 0.470. The Morgan fingerprint density at radius 2 is 2.00 bits per heavy atom. The number of hydrogen-bond donors (Lipinski definition) is 1. The van der Waals surface area contributed by atoms with Crippen molar-refractivity contribution in [3.63, 3.8) is 0 Å². The Morgan fingerprint density at radius 1 is 1.33 bits per heavy atom. The minimum atomic E-state index is -0.470. The van der Waals surface area contributed by atoms with E-state index in [2.05, 4.69) is 33.0 Å². The van der Waals surface area contributed by atoms with Crippen LogP contribution in [0.2, 0.25) is 0 Å². The average Bonchev–Trinajstić information content (AvgIpc) is 2.17. The predicted octanol–water partition coefficient (Wildman–Crippen LogP) is 2.80. The maximum atomic E-state index is 9.86. The predicted molar refractivity (Wildman–Crippen MR) is 66.2 cm³/mol. The molecule has 82 valence electrons. The molecule has 15 heavy (non-hydrogen) atoms. The fourth-order valence-electron chi connectivity index (χ4n) is 1.92. The van der Waals surface area contributed by atoms with Crippen molar-refractivity contribution in [3.05, 3.63) is 28.7 Å². The van der Waals surface area contributed by atoms with Crippen molar-refractivity contribution in [1.82, 2.24) is 0 Å². The SMILES string of the molecule is CC1(O)CCN(c2cccc(Br)c2)CC1. The molecule has 1 heterocycles. The van der Waals surface area contributed by atoms with E-state index in [1.165, 1.54) is 5.69 Å². The third kappa shape index (κ3) is 2.73. The van der Waals surface area contributed by atoms with E-state index in [0.717, 1.165) is 30.4 Å². The first-order chi connectivity index (χ1) is 7.07. The molecular formula is C12H16BrNO. The van der Waals surface area contributed by atoms with Gasteiger partial charge in [-0.05, 0) is 38.0 Å². The van der Waals surface area contributed by atoms with Gasteiger partial charge in [0.15, 0.2) is 0 Å². The lowest BCUT2D eigenvalue weighted by atomic mass is 9.93. The molecule has 0 amide bonds. The highest BCUT2D eigenvalue weighted by Gasteiger charge is 2.27. The van der Waals surface area contributed by atoms with Gasteiger partial charge in [-0.15, -0.1) is 0 Å². The van der Waals surface area contributed by atoms with Crippen molar-refractivity contribution in [1.29, 1.82) is 0 Å². The molecule has 2 nitrogen and oxygen atoms in total. The Labute approximate surface area is 99.0 Å². The van der Waals surface area contributed by atoms with Crippen LogP contribution in [0, 0.1) is 0 Å². The fraction of sp³-hybridized carbons (Fsp3) is 0.500. The number of piperidine rings is 1. The standard InChI is InChI=1S/C12H16BrNO/c1-12(15)5-7-14(8-6-12)11-4-2-3-10(13)9-11/h2-4,9,15H,5-8H2,1H3. The smallest absolute Gasteiger partial charge is 0.0653 e. The van der Waals surface area contributed by atoms with E-state index in [1.807, 2.05) is 19.1 Å². The number of halogens is 1. The van der Waals surface area contributed by atoms with E-state index in [1.54, 1.807) is 0 Å². The molecule has 1 fully saturated rings. The van der Waals surface area contributed by atoms with Crippen LogP contribution < -0.4 is 4.90 Å². The van der Waals surface area contributed by atoms with Gasteiger partial charge in [0, 0.05) is 23.2 Å². The summed E-state index contributed by atoms with van der Waals surface area (Å²) in [4.78, 5) is 2.32. The van der Waals surface area contributed by atoms with Gasteiger partial charge in [0.05, 0.1) is 5.60 Å². The summed E-state index contributed by atoms with van der Waals surface area (Å²) in [5, 5.41) is 9.86. The van der Waals surface area contributed by atoms with Crippen molar-refractivity contribution in [2.45, 2.75) is 25.4 Å². The molecule has 0 aromatic heterocycles. The molecule has 1 aromatic rings. The summed E-state index contributed by atoms with van der Waals surface area (Å²) < 4.78 is 1.11. The van der Waals surface area contributed by atoms with Crippen LogP contribution in [0.5, 0.6) is 0 Å². The van der Waals surface area contributed by atoms with Gasteiger partial charge in [0.25, 0.3) is 0 Å². The maximum absolute atomic E-state index is 9.86. The Kier molecular flexibility index (Phi) is 3.03. The van der Waals surface area contributed by atoms with Crippen LogP contribution in [-0.2, 0) is 0 Å². The lowest BCUT2D eigenvalue weighted by Gasteiger charge is -2.37. The van der Waals surface area contributed by atoms with E-state index in [0.29, 0.717) is 0 Å². The average molecular weight is 270 g/mol. The van der Waals surface area contributed by atoms with E-state index in [9.17, 15) is 5.11 Å². The van der Waals surface area contributed by atoms with E-state index < -0.39 is 5.60 Å². The van der Waals surface area contributed by atoms with Gasteiger partial charge in [0.1, 0.15) is 0 Å². The van der Waals surface area contributed by atoms with Crippen molar-refractivity contribution in [2.75, 3.05) is 18.0 Å². The summed E-state index contributed by atoms with van der Waals surface area (Å²) in [6.07, 6.45) is 1.69. The quantitative estimate of drug-likeness (QED) is 0.848. The summed E-state index contributed by atoms with van der Waals surface area (Å²) in [6.45, 7) is 3.79. The topological polar surface area (TPSA) is 23.5 Å². The van der Waals surface area contributed by atoms with Crippen molar-refractivity contribution < 1.29 is 5.11 Å². The monoisotopic (exact) mass is 269 g/mol. The van der Waals surface area contributed by atoms with Gasteiger partial charge in [0.2, 0.25) is 0 Å². The molecule has 2 rings (SSSR count). The van der Waals surface area contributed by atoms with Gasteiger partial charge in [-0.1, -0.05) is 22.0 Å². The highest BCUT2D eigenvalue weighted by Crippen LogP contribution is 2.27. The van der Waals surface area contributed by atoms with Gasteiger partial charge >= 0.3 is 0 Å². The number of benzene rings is 1. The molecule has 0 saturated carbocycles. The van der Waals surface area contributed by atoms with Crippen molar-refractivity contribution in [2.24, 2.45) is 0 Å². The van der Waals surface area contributed by atoms with E-state index >= 15 is 0 Å². The van der Waals surface area contributed by atoms with Gasteiger partial charge < -0.3 is 10.0 Å². The largest absolute Gasteiger partial charge is 0.390 e. The molecule has 1 N–H and O–H groups in total. The zero-order valence-electron chi connectivity index (χ0n) is 8.91. The first-order valence-corrected chi connectivity index (χ1v) is 6.09. The number of aliphatic hydroxyl groups is 1. The Hall–Kier alpha value is -0.540. The molecule has 0 spiro atoms. The molecule has 1 saturated heterocycles. The van der Waals surface area contributed by atoms with Crippen LogP contribution in [0.3, 0.4) is 0 Å². The molecule has 1 aromatic carbocycles. The highest BCUT2D eigenvalue weighted by molar-refractivity contribution is 9.10. The van der Waals surface area contributed by atoms with Crippen molar-refractivity contribution >= 4 is 21.6 Å². The van der Waals surface area contributed by atoms with Gasteiger partial charge in [-0.2, -0.15) is 0 Å². The van der Waals surface area contributed by atoms with Crippen LogP contribution in [0.25, 0.3) is 0 Å². The normalized spacial score (nSPS) is 20.3. The third-order valence-corrected chi connectivity index (χ3v) is 3.51. The van der Waals surface area contributed by atoms with Crippen LogP contribution in [0.15, 0.2) is 28.7 Å². The van der Waals surface area contributed by atoms with Gasteiger partial charge in [-0.3, -0.25) is 0 Å². The molecule has 1 aliphatic rings. The zero-order valence-corrected chi connectivity index (χ0v) is 10.5. The Bertz CT molecular complexity index is 341. The maximum Gasteiger partial charge on any atom is 0.0653 e. The molecule has 0 aliphatic carbocycles. The summed E-state index contributed by atoms with van der Waals surface area (Å²) in [5.74, 6) is 0. The fourth-order valence-corrected chi connectivity index (χ4v) is 2.31. The summed E-state index contributed by atoms with van der Waals surface area (Å²) >= 11 is 3.48. The molecular weight excluding hydrogens is 254 g/mol. The lowest BCUT2D eigenvalue weighted by molar-refractivity contribution is 0.0351. The molecule has 0 bridgehead atoms. The summed E-state index contributed by atoms with van der Waals surface area (Å²) in [7, 11) is 0. The molecule has 3 heteroatoms. The second kappa shape index (κ2) is 4.14. The second-order valence-corrected chi connectivity index (χ2v) is 5.38. The molecule has 0 atom stereocenters. The summed E-state index contributed by atoms with van der Waals surface area (Å²) in [6, 6.07) is 8.32. The van der Waals surface area contributed by atoms with Crippen LogP contribution in [0.1, 0.15) is 19.8 Å². The molecule has 0 unspecified atom stereocenters. The second-order valence-electron chi connectivity index (χ2n) is 4.46. The molecule has 0 radical (unpaired) electrons. The van der Waals surface area contributed by atoms with Crippen LogP contribution >= 0.6 is 15.9 Å². The minimum Gasteiger partial charge on any atom is -0.390 e.